The number of hydrogen-bond acceptors (Lipinski definition) is 6. The van der Waals surface area contributed by atoms with Crippen LogP contribution in [0.25, 0.3) is 6.08 Å². The van der Waals surface area contributed by atoms with Crippen molar-refractivity contribution in [2.75, 3.05) is 18.5 Å². The van der Waals surface area contributed by atoms with Gasteiger partial charge in [-0.05, 0) is 67.1 Å². The van der Waals surface area contributed by atoms with Crippen molar-refractivity contribution in [3.05, 3.63) is 56.4 Å². The van der Waals surface area contributed by atoms with Crippen LogP contribution in [0.15, 0.2) is 40.2 Å². The van der Waals surface area contributed by atoms with Crippen molar-refractivity contribution in [3.8, 4) is 11.5 Å². The van der Waals surface area contributed by atoms with Gasteiger partial charge in [0.1, 0.15) is 0 Å². The summed E-state index contributed by atoms with van der Waals surface area (Å²) in [7, 11) is 0. The van der Waals surface area contributed by atoms with Gasteiger partial charge in [0.05, 0.1) is 16.5 Å². The Morgan fingerprint density at radius 2 is 1.88 bits per heavy atom. The number of benzene rings is 2. The molecule has 11 heteroatoms. The SMILES string of the molecule is CCOc1cc(/C=C2\SC(NC(C)=O)=NC2=O)cc(Cl)c1OCC(=O)Nc1ccc(C)c(Cl)c1. The molecule has 2 aromatic rings. The number of carbonyl (C=O) groups excluding carboxylic acids is 3. The predicted molar refractivity (Wildman–Crippen MR) is 135 cm³/mol. The minimum atomic E-state index is -0.476. The van der Waals surface area contributed by atoms with E-state index in [0.717, 1.165) is 17.3 Å². The smallest absolute Gasteiger partial charge is 0.286 e. The van der Waals surface area contributed by atoms with E-state index in [-0.39, 0.29) is 28.5 Å². The number of aryl methyl sites for hydroxylation is 1. The van der Waals surface area contributed by atoms with Gasteiger partial charge < -0.3 is 20.1 Å². The van der Waals surface area contributed by atoms with Gasteiger partial charge in [0.15, 0.2) is 23.3 Å². The van der Waals surface area contributed by atoms with E-state index in [1.165, 1.54) is 6.92 Å². The number of rotatable bonds is 7. The molecule has 1 aliphatic rings. The van der Waals surface area contributed by atoms with E-state index in [1.54, 1.807) is 43.3 Å². The van der Waals surface area contributed by atoms with E-state index in [0.29, 0.717) is 33.5 Å². The number of hydrogen-bond donors (Lipinski definition) is 2. The highest BCUT2D eigenvalue weighted by Crippen LogP contribution is 2.38. The summed E-state index contributed by atoms with van der Waals surface area (Å²) in [6.07, 6.45) is 1.58. The molecule has 2 aromatic carbocycles. The average Bonchev–Trinajstić information content (AvgIpc) is 3.08. The monoisotopic (exact) mass is 521 g/mol. The van der Waals surface area contributed by atoms with Crippen LogP contribution in [0.1, 0.15) is 25.0 Å². The Morgan fingerprint density at radius 3 is 2.56 bits per heavy atom. The average molecular weight is 522 g/mol. The first-order chi connectivity index (χ1) is 16.2. The zero-order valence-corrected chi connectivity index (χ0v) is 20.9. The minimum Gasteiger partial charge on any atom is -0.490 e. The Labute approximate surface area is 210 Å². The summed E-state index contributed by atoms with van der Waals surface area (Å²) in [5, 5.41) is 6.14. The lowest BCUT2D eigenvalue weighted by atomic mass is 10.2. The number of halogens is 2. The van der Waals surface area contributed by atoms with E-state index in [2.05, 4.69) is 15.6 Å². The van der Waals surface area contributed by atoms with Crippen LogP contribution in [0.4, 0.5) is 5.69 Å². The number of nitrogens with one attached hydrogen (secondary N) is 2. The first-order valence-electron chi connectivity index (χ1n) is 10.1. The van der Waals surface area contributed by atoms with Gasteiger partial charge in [0.2, 0.25) is 5.91 Å². The van der Waals surface area contributed by atoms with Gasteiger partial charge >= 0.3 is 0 Å². The summed E-state index contributed by atoms with van der Waals surface area (Å²) < 4.78 is 11.3. The van der Waals surface area contributed by atoms with E-state index in [4.69, 9.17) is 32.7 Å². The molecular weight excluding hydrogens is 501 g/mol. The molecule has 0 saturated carbocycles. The van der Waals surface area contributed by atoms with Crippen LogP contribution in [-0.2, 0) is 14.4 Å². The highest BCUT2D eigenvalue weighted by Gasteiger charge is 2.23. The largest absolute Gasteiger partial charge is 0.490 e. The van der Waals surface area contributed by atoms with Crippen molar-refractivity contribution >= 4 is 69.6 Å². The fraction of sp³-hybridized carbons (Fsp3) is 0.217. The second kappa shape index (κ2) is 11.4. The van der Waals surface area contributed by atoms with Crippen molar-refractivity contribution in [3.63, 3.8) is 0 Å². The number of ether oxygens (including phenoxy) is 2. The molecular formula is C23H21Cl2N3O5S. The van der Waals surface area contributed by atoms with Crippen molar-refractivity contribution in [1.29, 1.82) is 0 Å². The Balaban J connectivity index is 1.73. The van der Waals surface area contributed by atoms with Crippen LogP contribution in [0, 0.1) is 6.92 Å². The highest BCUT2D eigenvalue weighted by atomic mass is 35.5. The summed E-state index contributed by atoms with van der Waals surface area (Å²) in [4.78, 5) is 39.8. The number of carbonyl (C=O) groups is 3. The quantitative estimate of drug-likeness (QED) is 0.505. The highest BCUT2D eigenvalue weighted by molar-refractivity contribution is 8.18. The molecule has 0 aromatic heterocycles. The molecule has 3 rings (SSSR count). The van der Waals surface area contributed by atoms with E-state index >= 15 is 0 Å². The molecule has 3 amide bonds. The van der Waals surface area contributed by atoms with Crippen LogP contribution in [0.3, 0.4) is 0 Å². The number of amides is 3. The second-order valence-electron chi connectivity index (χ2n) is 7.08. The molecule has 8 nitrogen and oxygen atoms in total. The standard InChI is InChI=1S/C23H21Cl2N3O5S/c1-4-32-18-8-14(9-19-22(31)28-23(34-19)26-13(3)29)7-17(25)21(18)33-11-20(30)27-15-6-5-12(2)16(24)10-15/h5-10H,4,11H2,1-3H3,(H,27,30)(H,26,28,29,31)/b19-9-. The van der Waals surface area contributed by atoms with Crippen molar-refractivity contribution in [1.82, 2.24) is 5.32 Å². The van der Waals surface area contributed by atoms with Gasteiger partial charge in [-0.2, -0.15) is 4.99 Å². The van der Waals surface area contributed by atoms with Gasteiger partial charge in [-0.1, -0.05) is 29.3 Å². The summed E-state index contributed by atoms with van der Waals surface area (Å²) in [6, 6.07) is 8.41. The third kappa shape index (κ3) is 6.75. The molecule has 1 heterocycles. The summed E-state index contributed by atoms with van der Waals surface area (Å²) in [6.45, 7) is 5.00. The van der Waals surface area contributed by atoms with E-state index in [9.17, 15) is 14.4 Å². The van der Waals surface area contributed by atoms with Gasteiger partial charge in [0, 0.05) is 17.6 Å². The van der Waals surface area contributed by atoms with Crippen LogP contribution < -0.4 is 20.1 Å². The lowest BCUT2D eigenvalue weighted by Crippen LogP contribution is -2.23. The van der Waals surface area contributed by atoms with E-state index < -0.39 is 11.8 Å². The summed E-state index contributed by atoms with van der Waals surface area (Å²) in [5.41, 5.74) is 2.01. The topological polar surface area (TPSA) is 106 Å². The molecule has 2 N–H and O–H groups in total. The third-order valence-corrected chi connectivity index (χ3v) is 5.92. The first kappa shape index (κ1) is 25.6. The van der Waals surface area contributed by atoms with Crippen LogP contribution in [0.5, 0.6) is 11.5 Å². The predicted octanol–water partition coefficient (Wildman–Crippen LogP) is 4.82. The van der Waals surface area contributed by atoms with E-state index in [1.807, 2.05) is 6.92 Å². The fourth-order valence-corrected chi connectivity index (χ4v) is 4.16. The summed E-state index contributed by atoms with van der Waals surface area (Å²) >= 11 is 13.5. The number of thioether (sulfide) groups is 1. The third-order valence-electron chi connectivity index (χ3n) is 4.34. The normalized spacial score (nSPS) is 14.1. The molecule has 0 saturated heterocycles. The van der Waals surface area contributed by atoms with Crippen LogP contribution in [-0.4, -0.2) is 36.1 Å². The second-order valence-corrected chi connectivity index (χ2v) is 8.92. The van der Waals surface area contributed by atoms with Gasteiger partial charge in [-0.25, -0.2) is 0 Å². The number of nitrogens with zero attached hydrogens (tertiary/aromatic N) is 1. The minimum absolute atomic E-state index is 0.197. The molecule has 0 radical (unpaired) electrons. The Bertz CT molecular complexity index is 1210. The fourth-order valence-electron chi connectivity index (χ4n) is 2.84. The van der Waals surface area contributed by atoms with Crippen molar-refractivity contribution < 1.29 is 23.9 Å². The van der Waals surface area contributed by atoms with Crippen LogP contribution in [0.2, 0.25) is 10.0 Å². The lowest BCUT2D eigenvalue weighted by Gasteiger charge is -2.15. The lowest BCUT2D eigenvalue weighted by molar-refractivity contribution is -0.118. The zero-order chi connectivity index (χ0) is 24.8. The first-order valence-corrected chi connectivity index (χ1v) is 11.7. The van der Waals surface area contributed by atoms with Crippen molar-refractivity contribution in [2.24, 2.45) is 4.99 Å². The number of amidine groups is 1. The maximum Gasteiger partial charge on any atom is 0.286 e. The Hall–Kier alpha value is -3.01. The Kier molecular flexibility index (Phi) is 8.60. The molecule has 0 atom stereocenters. The number of aliphatic imine (C=N–C) groups is 1. The van der Waals surface area contributed by atoms with Gasteiger partial charge in [-0.3, -0.25) is 14.4 Å². The molecule has 34 heavy (non-hydrogen) atoms. The molecule has 178 valence electrons. The van der Waals surface area contributed by atoms with Crippen LogP contribution >= 0.6 is 35.0 Å². The molecule has 0 unspecified atom stereocenters. The molecule has 0 bridgehead atoms. The van der Waals surface area contributed by atoms with Gasteiger partial charge in [0.25, 0.3) is 11.8 Å². The molecule has 1 aliphatic heterocycles. The molecule has 0 aliphatic carbocycles. The van der Waals surface area contributed by atoms with Gasteiger partial charge in [-0.15, -0.1) is 0 Å². The maximum absolute atomic E-state index is 12.3. The molecule has 0 spiro atoms. The Morgan fingerprint density at radius 1 is 1.12 bits per heavy atom. The summed E-state index contributed by atoms with van der Waals surface area (Å²) in [5.74, 6) is -0.691. The van der Waals surface area contributed by atoms with Crippen molar-refractivity contribution in [2.45, 2.75) is 20.8 Å². The number of anilines is 1. The maximum atomic E-state index is 12.3. The molecule has 0 fully saturated rings. The zero-order valence-electron chi connectivity index (χ0n) is 18.5.